The van der Waals surface area contributed by atoms with Crippen molar-refractivity contribution in [3.8, 4) is 5.75 Å². The zero-order valence-corrected chi connectivity index (χ0v) is 13.7. The van der Waals surface area contributed by atoms with Gasteiger partial charge in [0.05, 0.1) is 12.8 Å². The molecule has 0 aliphatic heterocycles. The number of carbonyl (C=O) groups excluding carboxylic acids is 1. The fourth-order valence-electron chi connectivity index (χ4n) is 2.67. The van der Waals surface area contributed by atoms with Gasteiger partial charge >= 0.3 is 0 Å². The quantitative estimate of drug-likeness (QED) is 0.778. The predicted octanol–water partition coefficient (Wildman–Crippen LogP) is 4.25. The van der Waals surface area contributed by atoms with Gasteiger partial charge in [0, 0.05) is 16.2 Å². The summed E-state index contributed by atoms with van der Waals surface area (Å²) in [5, 5.41) is 4.53. The van der Waals surface area contributed by atoms with Crippen LogP contribution >= 0.6 is 11.6 Å². The molecule has 0 spiro atoms. The van der Waals surface area contributed by atoms with Gasteiger partial charge in [0.1, 0.15) is 12.3 Å². The molecule has 0 atom stereocenters. The van der Waals surface area contributed by atoms with E-state index in [1.54, 1.807) is 25.3 Å². The number of carbonyl (C=O) groups is 1. The third-order valence-corrected chi connectivity index (χ3v) is 3.99. The van der Waals surface area contributed by atoms with E-state index < -0.39 is 0 Å². The molecule has 1 amide bonds. The number of nitrogens with zero attached hydrogens (tertiary/aromatic N) is 1. The summed E-state index contributed by atoms with van der Waals surface area (Å²) in [5.74, 6) is 0.451. The summed E-state index contributed by atoms with van der Waals surface area (Å²) in [7, 11) is 1.56. The van der Waals surface area contributed by atoms with E-state index in [2.05, 4.69) is 11.4 Å². The normalized spacial score (nSPS) is 10.7. The average molecular weight is 329 g/mol. The van der Waals surface area contributed by atoms with Crippen LogP contribution in [0.4, 0.5) is 5.69 Å². The molecule has 0 aliphatic carbocycles. The fraction of sp³-hybridized carbons (Fsp3) is 0.167. The van der Waals surface area contributed by atoms with Gasteiger partial charge in [-0.3, -0.25) is 4.79 Å². The van der Waals surface area contributed by atoms with Gasteiger partial charge in [0.2, 0.25) is 5.91 Å². The monoisotopic (exact) mass is 328 g/mol. The van der Waals surface area contributed by atoms with Crippen LogP contribution in [0.25, 0.3) is 10.9 Å². The number of halogens is 1. The van der Waals surface area contributed by atoms with E-state index in [4.69, 9.17) is 16.3 Å². The van der Waals surface area contributed by atoms with E-state index in [-0.39, 0.29) is 12.5 Å². The molecule has 118 valence electrons. The van der Waals surface area contributed by atoms with Gasteiger partial charge in [-0.1, -0.05) is 29.8 Å². The average Bonchev–Trinajstić information content (AvgIpc) is 2.83. The molecule has 2 aromatic carbocycles. The lowest BCUT2D eigenvalue weighted by Crippen LogP contribution is -2.19. The highest BCUT2D eigenvalue weighted by molar-refractivity contribution is 6.31. The third kappa shape index (κ3) is 3.17. The fourth-order valence-corrected chi connectivity index (χ4v) is 2.84. The number of aryl methyl sites for hydroxylation is 1. The van der Waals surface area contributed by atoms with Crippen LogP contribution < -0.4 is 10.1 Å². The van der Waals surface area contributed by atoms with Gasteiger partial charge in [-0.15, -0.1) is 0 Å². The molecular formula is C18H17ClN2O2. The zero-order chi connectivity index (χ0) is 16.4. The standard InChI is InChI=1S/C18H17ClN2O2/c1-12-9-13-5-3-4-6-16(13)21(12)11-18(22)20-15-10-14(19)7-8-17(15)23-2/h3-10H,11H2,1-2H3,(H,20,22). The number of fused-ring (bicyclic) bond motifs is 1. The maximum atomic E-state index is 12.4. The van der Waals surface area contributed by atoms with E-state index in [1.807, 2.05) is 35.8 Å². The van der Waals surface area contributed by atoms with Gasteiger partial charge in [-0.2, -0.15) is 0 Å². The van der Waals surface area contributed by atoms with Crippen molar-refractivity contribution in [1.82, 2.24) is 4.57 Å². The molecule has 0 saturated heterocycles. The van der Waals surface area contributed by atoms with Crippen molar-refractivity contribution in [1.29, 1.82) is 0 Å². The Balaban J connectivity index is 1.84. The van der Waals surface area contributed by atoms with Crippen molar-refractivity contribution in [2.45, 2.75) is 13.5 Å². The first-order valence-corrected chi connectivity index (χ1v) is 7.64. The summed E-state index contributed by atoms with van der Waals surface area (Å²) >= 11 is 5.99. The number of amides is 1. The molecule has 3 rings (SSSR count). The second kappa shape index (κ2) is 6.34. The minimum absolute atomic E-state index is 0.130. The summed E-state index contributed by atoms with van der Waals surface area (Å²) < 4.78 is 7.24. The van der Waals surface area contributed by atoms with Crippen LogP contribution in [0.2, 0.25) is 5.02 Å². The number of aromatic nitrogens is 1. The number of hydrogen-bond acceptors (Lipinski definition) is 2. The van der Waals surface area contributed by atoms with E-state index in [0.29, 0.717) is 16.5 Å². The van der Waals surface area contributed by atoms with Crippen LogP contribution in [0, 0.1) is 6.92 Å². The lowest BCUT2D eigenvalue weighted by atomic mass is 10.2. The minimum atomic E-state index is -0.130. The van der Waals surface area contributed by atoms with Gasteiger partial charge in [0.15, 0.2) is 0 Å². The Bertz CT molecular complexity index is 871. The van der Waals surface area contributed by atoms with Gasteiger partial charge < -0.3 is 14.6 Å². The lowest BCUT2D eigenvalue weighted by Gasteiger charge is -2.12. The van der Waals surface area contributed by atoms with Crippen LogP contribution in [0.1, 0.15) is 5.69 Å². The first kappa shape index (κ1) is 15.4. The second-order valence-corrected chi connectivity index (χ2v) is 5.76. The van der Waals surface area contributed by atoms with Crippen molar-refractivity contribution in [3.63, 3.8) is 0 Å². The van der Waals surface area contributed by atoms with Crippen molar-refractivity contribution in [2.75, 3.05) is 12.4 Å². The maximum Gasteiger partial charge on any atom is 0.244 e. The summed E-state index contributed by atoms with van der Waals surface area (Å²) in [6.07, 6.45) is 0. The molecule has 0 saturated carbocycles. The molecule has 1 heterocycles. The van der Waals surface area contributed by atoms with Gasteiger partial charge in [-0.25, -0.2) is 0 Å². The number of methoxy groups -OCH3 is 1. The lowest BCUT2D eigenvalue weighted by molar-refractivity contribution is -0.116. The predicted molar refractivity (Wildman–Crippen MR) is 93.3 cm³/mol. The molecule has 0 fully saturated rings. The van der Waals surface area contributed by atoms with Crippen LogP contribution in [0.5, 0.6) is 5.75 Å². The zero-order valence-electron chi connectivity index (χ0n) is 13.0. The Kier molecular flexibility index (Phi) is 4.26. The number of ether oxygens (including phenoxy) is 1. The first-order valence-electron chi connectivity index (χ1n) is 7.27. The number of benzene rings is 2. The molecule has 4 nitrogen and oxygen atoms in total. The highest BCUT2D eigenvalue weighted by atomic mass is 35.5. The van der Waals surface area contributed by atoms with Crippen molar-refractivity contribution in [3.05, 3.63) is 59.2 Å². The molecule has 1 aromatic heterocycles. The summed E-state index contributed by atoms with van der Waals surface area (Å²) in [6.45, 7) is 2.22. The summed E-state index contributed by atoms with van der Waals surface area (Å²) in [4.78, 5) is 12.4. The molecule has 0 aliphatic rings. The molecular weight excluding hydrogens is 312 g/mol. The number of rotatable bonds is 4. The smallest absolute Gasteiger partial charge is 0.244 e. The van der Waals surface area contributed by atoms with E-state index >= 15 is 0 Å². The Labute approximate surface area is 139 Å². The topological polar surface area (TPSA) is 43.3 Å². The maximum absolute atomic E-state index is 12.4. The number of hydrogen-bond donors (Lipinski definition) is 1. The molecule has 3 aromatic rings. The first-order chi connectivity index (χ1) is 11.1. The van der Waals surface area contributed by atoms with E-state index in [0.717, 1.165) is 16.6 Å². The molecule has 23 heavy (non-hydrogen) atoms. The van der Waals surface area contributed by atoms with Crippen molar-refractivity contribution >= 4 is 34.1 Å². The Hall–Kier alpha value is -2.46. The Morgan fingerprint density at radius 1 is 1.22 bits per heavy atom. The summed E-state index contributed by atoms with van der Waals surface area (Å²) in [5.41, 5.74) is 2.65. The largest absolute Gasteiger partial charge is 0.495 e. The van der Waals surface area contributed by atoms with Crippen LogP contribution in [0.3, 0.4) is 0 Å². The van der Waals surface area contributed by atoms with Gasteiger partial charge in [-0.05, 0) is 42.6 Å². The molecule has 5 heteroatoms. The molecule has 0 radical (unpaired) electrons. The minimum Gasteiger partial charge on any atom is -0.495 e. The highest BCUT2D eigenvalue weighted by Crippen LogP contribution is 2.28. The number of nitrogens with one attached hydrogen (secondary N) is 1. The molecule has 0 bridgehead atoms. The Morgan fingerprint density at radius 3 is 2.78 bits per heavy atom. The van der Waals surface area contributed by atoms with Crippen LogP contribution in [0.15, 0.2) is 48.5 Å². The van der Waals surface area contributed by atoms with Gasteiger partial charge in [0.25, 0.3) is 0 Å². The number of anilines is 1. The van der Waals surface area contributed by atoms with Crippen molar-refractivity contribution < 1.29 is 9.53 Å². The number of para-hydroxylation sites is 1. The van der Waals surface area contributed by atoms with E-state index in [9.17, 15) is 4.79 Å². The highest BCUT2D eigenvalue weighted by Gasteiger charge is 2.12. The Morgan fingerprint density at radius 2 is 2.00 bits per heavy atom. The van der Waals surface area contributed by atoms with Crippen LogP contribution in [-0.4, -0.2) is 17.6 Å². The van der Waals surface area contributed by atoms with Crippen molar-refractivity contribution in [2.24, 2.45) is 0 Å². The molecule has 0 unspecified atom stereocenters. The SMILES string of the molecule is COc1ccc(Cl)cc1NC(=O)Cn1c(C)cc2ccccc21. The molecule has 1 N–H and O–H groups in total. The third-order valence-electron chi connectivity index (χ3n) is 3.76. The van der Waals surface area contributed by atoms with E-state index in [1.165, 1.54) is 0 Å². The van der Waals surface area contributed by atoms with Crippen LogP contribution in [-0.2, 0) is 11.3 Å². The summed E-state index contributed by atoms with van der Waals surface area (Å²) in [6, 6.07) is 15.2. The second-order valence-electron chi connectivity index (χ2n) is 5.32.